The number of hydrogen-bond donors (Lipinski definition) is 3. The lowest BCUT2D eigenvalue weighted by Gasteiger charge is -2.20. The summed E-state index contributed by atoms with van der Waals surface area (Å²) in [6.45, 7) is 3.07. The Morgan fingerprint density at radius 3 is 2.37 bits per heavy atom. The molecule has 1 aromatic heterocycles. The molecule has 49 heavy (non-hydrogen) atoms. The maximum Gasteiger partial charge on any atom is 0.325 e. The Hall–Kier alpha value is -4.49. The van der Waals surface area contributed by atoms with Gasteiger partial charge in [0.05, 0.1) is 23.3 Å². The van der Waals surface area contributed by atoms with Crippen LogP contribution in [0.25, 0.3) is 11.1 Å². The van der Waals surface area contributed by atoms with E-state index in [0.29, 0.717) is 22.6 Å². The second-order valence-corrected chi connectivity index (χ2v) is 12.5. The number of ether oxygens (including phenoxy) is 3. The van der Waals surface area contributed by atoms with Crippen molar-refractivity contribution >= 4 is 45.4 Å². The monoisotopic (exact) mass is 754 g/mol. The molecule has 0 aliphatic carbocycles. The second kappa shape index (κ2) is 17.8. The number of pyridine rings is 1. The molecule has 3 aromatic carbocycles. The highest BCUT2D eigenvalue weighted by Gasteiger charge is 2.25. The van der Waals surface area contributed by atoms with Gasteiger partial charge in [-0.3, -0.25) is 14.9 Å². The third-order valence-corrected chi connectivity index (χ3v) is 8.53. The normalized spacial score (nSPS) is 12.3. The Labute approximate surface area is 297 Å². The van der Waals surface area contributed by atoms with Crippen LogP contribution in [0.4, 0.5) is 0 Å². The SMILES string of the molecule is CC(C)OC(=O)[C@H](CO)NCc1cc(Cl)c(OCc2cccc(-c3ccccc3)c2Br)cc1OCc1ccc[n+](C(CC(=O)O)C(=O)[O-])c1. The van der Waals surface area contributed by atoms with Gasteiger partial charge in [0, 0.05) is 34.3 Å². The van der Waals surface area contributed by atoms with E-state index in [1.165, 1.54) is 17.0 Å². The number of rotatable bonds is 17. The molecule has 2 atom stereocenters. The number of carboxylic acid groups (broad SMARTS) is 2. The average molecular weight is 756 g/mol. The van der Waals surface area contributed by atoms with Crippen LogP contribution in [-0.4, -0.2) is 46.9 Å². The Bertz CT molecular complexity index is 1770. The molecule has 0 aliphatic heterocycles. The Morgan fingerprint density at radius 1 is 0.959 bits per heavy atom. The highest BCUT2D eigenvalue weighted by atomic mass is 79.9. The van der Waals surface area contributed by atoms with Gasteiger partial charge in [0.1, 0.15) is 43.1 Å². The highest BCUT2D eigenvalue weighted by Crippen LogP contribution is 2.36. The van der Waals surface area contributed by atoms with Crippen LogP contribution < -0.4 is 24.5 Å². The standard InChI is InChI=1S/C36H36BrClN2O9/c1-22(2)49-36(46)29(19-41)39-17-26-14-28(38)32(48-21-25-11-6-12-27(34(25)37)24-9-4-3-5-10-24)16-31(26)47-20-23-8-7-13-40(18-23)30(35(44)45)15-33(42)43/h3-14,16,18,22,29-30,39,41H,15,17,19-21H2,1-2H3,(H-,42,43,44,45)/t29-,30?/m0/s1. The van der Waals surface area contributed by atoms with Gasteiger partial charge in [-0.1, -0.05) is 60.1 Å². The van der Waals surface area contributed by atoms with Gasteiger partial charge in [0.25, 0.3) is 0 Å². The Kier molecular flexibility index (Phi) is 13.5. The van der Waals surface area contributed by atoms with Crippen molar-refractivity contribution in [3.8, 4) is 22.6 Å². The largest absolute Gasteiger partial charge is 0.543 e. The number of aromatic nitrogens is 1. The number of aliphatic carboxylic acids is 2. The van der Waals surface area contributed by atoms with Gasteiger partial charge >= 0.3 is 11.9 Å². The minimum atomic E-state index is -1.53. The number of nitrogens with zero attached hydrogens (tertiary/aromatic N) is 1. The van der Waals surface area contributed by atoms with E-state index in [1.807, 2.05) is 48.5 Å². The summed E-state index contributed by atoms with van der Waals surface area (Å²) in [6.07, 6.45) is 1.87. The van der Waals surface area contributed by atoms with Crippen molar-refractivity contribution < 1.29 is 48.5 Å². The first-order valence-electron chi connectivity index (χ1n) is 15.3. The lowest BCUT2D eigenvalue weighted by molar-refractivity contribution is -0.715. The van der Waals surface area contributed by atoms with Crippen molar-refractivity contribution in [2.75, 3.05) is 6.61 Å². The third-order valence-electron chi connectivity index (χ3n) is 7.30. The number of halogens is 2. The summed E-state index contributed by atoms with van der Waals surface area (Å²) in [5.74, 6) is -2.79. The van der Waals surface area contributed by atoms with Crippen LogP contribution in [0.5, 0.6) is 11.5 Å². The molecule has 0 saturated carbocycles. The van der Waals surface area contributed by atoms with Gasteiger partial charge in [-0.15, -0.1) is 0 Å². The van der Waals surface area contributed by atoms with Crippen LogP contribution in [0.15, 0.2) is 89.7 Å². The number of carbonyl (C=O) groups excluding carboxylic acids is 2. The van der Waals surface area contributed by atoms with Crippen molar-refractivity contribution in [1.29, 1.82) is 0 Å². The fourth-order valence-corrected chi connectivity index (χ4v) is 5.72. The van der Waals surface area contributed by atoms with E-state index in [0.717, 1.165) is 21.2 Å². The molecular weight excluding hydrogens is 720 g/mol. The first-order valence-corrected chi connectivity index (χ1v) is 16.5. The molecule has 0 spiro atoms. The molecular formula is C36H36BrClN2O9. The van der Waals surface area contributed by atoms with E-state index < -0.39 is 43.0 Å². The molecule has 258 valence electrons. The molecule has 13 heteroatoms. The quantitative estimate of drug-likeness (QED) is 0.104. The van der Waals surface area contributed by atoms with E-state index in [-0.39, 0.29) is 30.9 Å². The van der Waals surface area contributed by atoms with Gasteiger partial charge in [0.2, 0.25) is 6.04 Å². The molecule has 0 saturated heterocycles. The van der Waals surface area contributed by atoms with Crippen LogP contribution in [0.1, 0.15) is 43.0 Å². The van der Waals surface area contributed by atoms with Crippen molar-refractivity contribution in [1.82, 2.24) is 5.32 Å². The molecule has 3 N–H and O–H groups in total. The van der Waals surface area contributed by atoms with Crippen molar-refractivity contribution in [2.45, 2.75) is 58.2 Å². The number of aliphatic hydroxyl groups is 1. The maximum atomic E-state index is 12.5. The fourth-order valence-electron chi connectivity index (χ4n) is 4.88. The molecule has 0 radical (unpaired) electrons. The van der Waals surface area contributed by atoms with Crippen LogP contribution >= 0.6 is 27.5 Å². The van der Waals surface area contributed by atoms with Gasteiger partial charge in [-0.25, -0.2) is 0 Å². The van der Waals surface area contributed by atoms with E-state index >= 15 is 0 Å². The molecule has 4 rings (SSSR count). The number of carboxylic acids is 2. The molecule has 0 aliphatic rings. The van der Waals surface area contributed by atoms with E-state index in [4.69, 9.17) is 25.8 Å². The predicted molar refractivity (Wildman–Crippen MR) is 182 cm³/mol. The zero-order valence-electron chi connectivity index (χ0n) is 26.8. The number of carbonyl (C=O) groups is 3. The summed E-state index contributed by atoms with van der Waals surface area (Å²) in [6, 6.07) is 19.8. The molecule has 4 aromatic rings. The summed E-state index contributed by atoms with van der Waals surface area (Å²) in [5.41, 5.74) is 3.97. The van der Waals surface area contributed by atoms with Gasteiger partial charge in [0.15, 0.2) is 12.4 Å². The van der Waals surface area contributed by atoms with Crippen molar-refractivity contribution in [3.63, 3.8) is 0 Å². The zero-order chi connectivity index (χ0) is 35.5. The number of hydrogen-bond acceptors (Lipinski definition) is 9. The maximum absolute atomic E-state index is 12.5. The number of esters is 1. The summed E-state index contributed by atoms with van der Waals surface area (Å²) in [4.78, 5) is 35.4. The van der Waals surface area contributed by atoms with Gasteiger partial charge < -0.3 is 34.3 Å². The lowest BCUT2D eigenvalue weighted by Crippen LogP contribution is -2.50. The van der Waals surface area contributed by atoms with E-state index in [9.17, 15) is 29.7 Å². The summed E-state index contributed by atoms with van der Waals surface area (Å²) in [5, 5.41) is 33.9. The van der Waals surface area contributed by atoms with Crippen molar-refractivity contribution in [3.05, 3.63) is 111 Å². The highest BCUT2D eigenvalue weighted by molar-refractivity contribution is 9.10. The number of benzene rings is 3. The first kappa shape index (κ1) is 37.3. The van der Waals surface area contributed by atoms with Crippen LogP contribution in [-0.2, 0) is 38.9 Å². The smallest absolute Gasteiger partial charge is 0.325 e. The predicted octanol–water partition coefficient (Wildman–Crippen LogP) is 4.38. The summed E-state index contributed by atoms with van der Waals surface area (Å²) in [7, 11) is 0. The van der Waals surface area contributed by atoms with Gasteiger partial charge in [-0.2, -0.15) is 4.57 Å². The lowest BCUT2D eigenvalue weighted by atomic mass is 10.0. The summed E-state index contributed by atoms with van der Waals surface area (Å²) >= 11 is 10.4. The fraction of sp³-hybridized carbons (Fsp3) is 0.278. The molecule has 1 unspecified atom stereocenters. The van der Waals surface area contributed by atoms with E-state index in [1.54, 1.807) is 38.1 Å². The number of aliphatic hydroxyl groups excluding tert-OH is 1. The molecule has 11 nitrogen and oxygen atoms in total. The second-order valence-electron chi connectivity index (χ2n) is 11.3. The summed E-state index contributed by atoms with van der Waals surface area (Å²) < 4.78 is 19.7. The third kappa shape index (κ3) is 10.5. The zero-order valence-corrected chi connectivity index (χ0v) is 29.1. The minimum Gasteiger partial charge on any atom is -0.543 e. The van der Waals surface area contributed by atoms with Crippen LogP contribution in [0.3, 0.4) is 0 Å². The average Bonchev–Trinajstić information content (AvgIpc) is 3.07. The Morgan fingerprint density at radius 2 is 1.69 bits per heavy atom. The minimum absolute atomic E-state index is 0.0504. The van der Waals surface area contributed by atoms with Crippen molar-refractivity contribution in [2.24, 2.45) is 0 Å². The molecule has 0 amide bonds. The topological polar surface area (TPSA) is 158 Å². The van der Waals surface area contributed by atoms with Gasteiger partial charge in [-0.05, 0) is 53.0 Å². The number of nitrogens with one attached hydrogen (secondary N) is 1. The Balaban J connectivity index is 1.60. The van der Waals surface area contributed by atoms with Crippen LogP contribution in [0, 0.1) is 0 Å². The van der Waals surface area contributed by atoms with E-state index in [2.05, 4.69) is 21.2 Å². The molecule has 0 bridgehead atoms. The first-order chi connectivity index (χ1) is 23.5. The molecule has 1 heterocycles. The van der Waals surface area contributed by atoms with Crippen LogP contribution in [0.2, 0.25) is 5.02 Å². The molecule has 0 fully saturated rings.